The average Bonchev–Trinajstić information content (AvgIpc) is 2.81. The molecule has 0 fully saturated rings. The fourth-order valence-electron chi connectivity index (χ4n) is 1.82. The molecule has 0 saturated heterocycles. The number of fused-ring (bicyclic) bond motifs is 1. The van der Waals surface area contributed by atoms with Crippen molar-refractivity contribution in [3.05, 3.63) is 36.1 Å². The molecule has 2 aromatic rings. The Bertz CT molecular complexity index is 474. The number of furan rings is 1. The smallest absolute Gasteiger partial charge is 0.134 e. The highest BCUT2D eigenvalue weighted by atomic mass is 16.5. The Hall–Kier alpha value is -1.36. The molecular formula is C15H21NO3. The van der Waals surface area contributed by atoms with Gasteiger partial charge in [-0.3, -0.25) is 0 Å². The zero-order chi connectivity index (χ0) is 13.7. The van der Waals surface area contributed by atoms with Gasteiger partial charge in [0.25, 0.3) is 0 Å². The molecule has 1 atom stereocenters. The van der Waals surface area contributed by atoms with Gasteiger partial charge in [-0.1, -0.05) is 18.2 Å². The first-order valence-electron chi connectivity index (χ1n) is 6.60. The molecule has 4 heteroatoms. The molecule has 0 radical (unpaired) electrons. The van der Waals surface area contributed by atoms with Gasteiger partial charge >= 0.3 is 0 Å². The first-order chi connectivity index (χ1) is 9.16. The Morgan fingerprint density at radius 3 is 2.74 bits per heavy atom. The molecule has 104 valence electrons. The first-order valence-corrected chi connectivity index (χ1v) is 6.60. The number of benzene rings is 1. The normalized spacial score (nSPS) is 13.3. The maximum absolute atomic E-state index is 6.04. The quantitative estimate of drug-likeness (QED) is 0.780. The van der Waals surface area contributed by atoms with E-state index in [1.54, 1.807) is 0 Å². The van der Waals surface area contributed by atoms with Crippen LogP contribution in [0.2, 0.25) is 0 Å². The molecule has 19 heavy (non-hydrogen) atoms. The molecule has 1 unspecified atom stereocenters. The van der Waals surface area contributed by atoms with Crippen molar-refractivity contribution >= 4 is 11.0 Å². The molecule has 0 saturated carbocycles. The molecule has 1 heterocycles. The Labute approximate surface area is 113 Å². The lowest BCUT2D eigenvalue weighted by Crippen LogP contribution is -2.18. The standard InChI is InChI=1S/C15H21NO3/c1-11(2)18-8-7-17-10-13(16)15-9-12-5-3-4-6-14(12)19-15/h3-6,9,11,13H,7-8,10,16H2,1-2H3. The Balaban J connectivity index is 1.81. The van der Waals surface area contributed by atoms with Gasteiger partial charge in [0.05, 0.1) is 32.0 Å². The Morgan fingerprint density at radius 1 is 1.21 bits per heavy atom. The fourth-order valence-corrected chi connectivity index (χ4v) is 1.82. The minimum absolute atomic E-state index is 0.229. The van der Waals surface area contributed by atoms with Crippen LogP contribution in [0.15, 0.2) is 34.7 Å². The van der Waals surface area contributed by atoms with E-state index < -0.39 is 0 Å². The minimum Gasteiger partial charge on any atom is -0.459 e. The van der Waals surface area contributed by atoms with E-state index in [1.165, 1.54) is 0 Å². The second-order valence-electron chi connectivity index (χ2n) is 4.79. The summed E-state index contributed by atoms with van der Waals surface area (Å²) >= 11 is 0. The monoisotopic (exact) mass is 263 g/mol. The number of hydrogen-bond donors (Lipinski definition) is 1. The first kappa shape index (κ1) is 14.1. The van der Waals surface area contributed by atoms with E-state index in [4.69, 9.17) is 19.6 Å². The zero-order valence-electron chi connectivity index (χ0n) is 11.5. The number of ether oxygens (including phenoxy) is 2. The minimum atomic E-state index is -0.244. The van der Waals surface area contributed by atoms with Crippen molar-refractivity contribution in [3.8, 4) is 0 Å². The predicted octanol–water partition coefficient (Wildman–Crippen LogP) is 2.87. The van der Waals surface area contributed by atoms with Crippen LogP contribution in [0.25, 0.3) is 11.0 Å². The van der Waals surface area contributed by atoms with Gasteiger partial charge < -0.3 is 19.6 Å². The third kappa shape index (κ3) is 4.06. The van der Waals surface area contributed by atoms with Crippen LogP contribution in [0.1, 0.15) is 25.6 Å². The van der Waals surface area contributed by atoms with Crippen LogP contribution in [-0.4, -0.2) is 25.9 Å². The van der Waals surface area contributed by atoms with Crippen molar-refractivity contribution in [3.63, 3.8) is 0 Å². The zero-order valence-corrected chi connectivity index (χ0v) is 11.5. The summed E-state index contributed by atoms with van der Waals surface area (Å²) in [5.41, 5.74) is 6.90. The van der Waals surface area contributed by atoms with Crippen LogP contribution in [0.5, 0.6) is 0 Å². The van der Waals surface area contributed by atoms with Crippen LogP contribution in [0.3, 0.4) is 0 Å². The van der Waals surface area contributed by atoms with Crippen LogP contribution in [-0.2, 0) is 9.47 Å². The van der Waals surface area contributed by atoms with Crippen molar-refractivity contribution in [1.82, 2.24) is 0 Å². The Kier molecular flexibility index (Phi) is 4.96. The van der Waals surface area contributed by atoms with Crippen molar-refractivity contribution in [2.45, 2.75) is 26.0 Å². The number of rotatable bonds is 7. The SMILES string of the molecule is CC(C)OCCOCC(N)c1cc2ccccc2o1. The molecule has 4 nitrogen and oxygen atoms in total. The van der Waals surface area contributed by atoms with E-state index in [1.807, 2.05) is 44.2 Å². The van der Waals surface area contributed by atoms with E-state index >= 15 is 0 Å². The molecule has 0 amide bonds. The number of para-hydroxylation sites is 1. The summed E-state index contributed by atoms with van der Waals surface area (Å²) in [6.07, 6.45) is 0.229. The summed E-state index contributed by atoms with van der Waals surface area (Å²) < 4.78 is 16.6. The summed E-state index contributed by atoms with van der Waals surface area (Å²) in [4.78, 5) is 0. The van der Waals surface area contributed by atoms with E-state index in [-0.39, 0.29) is 12.1 Å². The lowest BCUT2D eigenvalue weighted by molar-refractivity contribution is 0.0150. The summed E-state index contributed by atoms with van der Waals surface area (Å²) in [5.74, 6) is 0.756. The van der Waals surface area contributed by atoms with Gasteiger partial charge in [0.2, 0.25) is 0 Å². The molecule has 0 aliphatic rings. The third-order valence-corrected chi connectivity index (χ3v) is 2.79. The van der Waals surface area contributed by atoms with Gasteiger partial charge in [-0.25, -0.2) is 0 Å². The van der Waals surface area contributed by atoms with Crippen LogP contribution < -0.4 is 5.73 Å². The molecule has 0 aliphatic heterocycles. The third-order valence-electron chi connectivity index (χ3n) is 2.79. The highest BCUT2D eigenvalue weighted by Crippen LogP contribution is 2.22. The van der Waals surface area contributed by atoms with Crippen molar-refractivity contribution in [1.29, 1.82) is 0 Å². The summed E-state index contributed by atoms with van der Waals surface area (Å²) in [7, 11) is 0. The topological polar surface area (TPSA) is 57.6 Å². The van der Waals surface area contributed by atoms with E-state index in [2.05, 4.69) is 0 Å². The number of hydrogen-bond acceptors (Lipinski definition) is 4. The average molecular weight is 263 g/mol. The maximum Gasteiger partial charge on any atom is 0.134 e. The molecule has 2 N–H and O–H groups in total. The van der Waals surface area contributed by atoms with E-state index in [0.29, 0.717) is 19.8 Å². The lowest BCUT2D eigenvalue weighted by atomic mass is 10.2. The van der Waals surface area contributed by atoms with Crippen molar-refractivity contribution < 1.29 is 13.9 Å². The summed E-state index contributed by atoms with van der Waals surface area (Å²) in [5, 5.41) is 1.07. The lowest BCUT2D eigenvalue weighted by Gasteiger charge is -2.11. The largest absolute Gasteiger partial charge is 0.459 e. The highest BCUT2D eigenvalue weighted by molar-refractivity contribution is 5.77. The molecular weight excluding hydrogens is 242 g/mol. The highest BCUT2D eigenvalue weighted by Gasteiger charge is 2.11. The molecule has 2 rings (SSSR count). The van der Waals surface area contributed by atoms with Crippen LogP contribution in [0, 0.1) is 0 Å². The van der Waals surface area contributed by atoms with Crippen molar-refractivity contribution in [2.75, 3.05) is 19.8 Å². The van der Waals surface area contributed by atoms with E-state index in [0.717, 1.165) is 16.7 Å². The van der Waals surface area contributed by atoms with Gasteiger partial charge in [0.15, 0.2) is 0 Å². The molecule has 0 spiro atoms. The molecule has 1 aromatic heterocycles. The second kappa shape index (κ2) is 6.70. The Morgan fingerprint density at radius 2 is 2.00 bits per heavy atom. The second-order valence-corrected chi connectivity index (χ2v) is 4.79. The summed E-state index contributed by atoms with van der Waals surface area (Å²) in [6.45, 7) is 5.57. The molecule has 0 aliphatic carbocycles. The van der Waals surface area contributed by atoms with Crippen LogP contribution >= 0.6 is 0 Å². The van der Waals surface area contributed by atoms with Gasteiger partial charge in [0.1, 0.15) is 11.3 Å². The molecule has 0 bridgehead atoms. The van der Waals surface area contributed by atoms with Crippen molar-refractivity contribution in [2.24, 2.45) is 5.73 Å². The van der Waals surface area contributed by atoms with Crippen LogP contribution in [0.4, 0.5) is 0 Å². The fraction of sp³-hybridized carbons (Fsp3) is 0.467. The van der Waals surface area contributed by atoms with E-state index in [9.17, 15) is 0 Å². The van der Waals surface area contributed by atoms with Gasteiger partial charge in [-0.05, 0) is 26.0 Å². The van der Waals surface area contributed by atoms with Gasteiger partial charge in [0, 0.05) is 5.39 Å². The predicted molar refractivity (Wildman–Crippen MR) is 75.0 cm³/mol. The molecule has 1 aromatic carbocycles. The number of nitrogens with two attached hydrogens (primary N) is 1. The van der Waals surface area contributed by atoms with Gasteiger partial charge in [-0.2, -0.15) is 0 Å². The maximum atomic E-state index is 6.04. The van der Waals surface area contributed by atoms with Gasteiger partial charge in [-0.15, -0.1) is 0 Å². The summed E-state index contributed by atoms with van der Waals surface area (Å²) in [6, 6.07) is 9.59.